The zero-order valence-corrected chi connectivity index (χ0v) is 48.0. The first-order valence-corrected chi connectivity index (χ1v) is 27.2. The SMILES string of the molecule is CC[C@H]1OC(=O)[C@H](C)[C@@H](O[C@H]2C[C@@](C)(OC)[C@@H](O)[C@H](C)O2)[C@H](C)[C@@H](O[C@H]2C[C@@H](N(C)CCC3=CN(C[C@H](CF)[C@H](OC)c4ccc(I)cc4)N(C)N3)C[C@@H](C)O2)[C@](C)(O)C[C@@H](C)CN(C)[C@H](C)[C@@H](O)[C@]1(C)O. The van der Waals surface area contributed by atoms with E-state index in [9.17, 15) is 29.6 Å². The van der Waals surface area contributed by atoms with Gasteiger partial charge in [0.1, 0.15) is 23.9 Å². The van der Waals surface area contributed by atoms with Crippen LogP contribution in [0.25, 0.3) is 0 Å². The molecule has 3 fully saturated rings. The van der Waals surface area contributed by atoms with Crippen LogP contribution in [0.4, 0.5) is 4.39 Å². The number of carbonyl (C=O) groups is 1. The van der Waals surface area contributed by atoms with Gasteiger partial charge in [-0.15, -0.1) is 5.12 Å². The second-order valence-corrected chi connectivity index (χ2v) is 23.6. The quantitative estimate of drug-likeness (QED) is 0.0990. The maximum Gasteiger partial charge on any atom is 0.311 e. The van der Waals surface area contributed by atoms with E-state index >= 15 is 0 Å². The average molecular weight is 1140 g/mol. The largest absolute Gasteiger partial charge is 0.459 e. The summed E-state index contributed by atoms with van der Waals surface area (Å²) in [6, 6.07) is 7.49. The maximum absolute atomic E-state index is 14.7. The van der Waals surface area contributed by atoms with Crippen molar-refractivity contribution in [1.82, 2.24) is 25.4 Å². The van der Waals surface area contributed by atoms with Crippen LogP contribution in [0.2, 0.25) is 0 Å². The molecule has 0 unspecified atom stereocenters. The minimum Gasteiger partial charge on any atom is -0.459 e. The molecule has 1 aromatic carbocycles. The molecular weight excluding hydrogens is 1040 g/mol. The molecule has 5 rings (SSSR count). The molecule has 0 spiro atoms. The number of alkyl halides is 1. The van der Waals surface area contributed by atoms with Gasteiger partial charge in [-0.1, -0.05) is 32.9 Å². The number of ether oxygens (including phenoxy) is 7. The van der Waals surface area contributed by atoms with Crippen LogP contribution in [-0.4, -0.2) is 192 Å². The van der Waals surface area contributed by atoms with Gasteiger partial charge in [0.15, 0.2) is 12.6 Å². The summed E-state index contributed by atoms with van der Waals surface area (Å²) < 4.78 is 60.4. The summed E-state index contributed by atoms with van der Waals surface area (Å²) in [6.07, 6.45) is -3.64. The van der Waals surface area contributed by atoms with Crippen LogP contribution in [-0.2, 0) is 38.0 Å². The van der Waals surface area contributed by atoms with Crippen molar-refractivity contribution in [2.75, 3.05) is 61.7 Å². The number of hydrazine groups is 2. The van der Waals surface area contributed by atoms with Gasteiger partial charge in [-0.3, -0.25) is 14.2 Å². The lowest BCUT2D eigenvalue weighted by atomic mass is 9.77. The van der Waals surface area contributed by atoms with Gasteiger partial charge in [-0.25, -0.2) is 0 Å². The van der Waals surface area contributed by atoms with Gasteiger partial charge in [0.2, 0.25) is 0 Å². The molecule has 72 heavy (non-hydrogen) atoms. The maximum atomic E-state index is 14.7. The number of hydrogen-bond acceptors (Lipinski definition) is 17. The number of aliphatic hydroxyl groups excluding tert-OH is 2. The Morgan fingerprint density at radius 2 is 1.62 bits per heavy atom. The van der Waals surface area contributed by atoms with Crippen LogP contribution in [0.5, 0.6) is 0 Å². The topological polar surface area (TPSA) is 188 Å². The van der Waals surface area contributed by atoms with Gasteiger partial charge >= 0.3 is 5.97 Å². The Kier molecular flexibility index (Phi) is 22.0. The zero-order chi connectivity index (χ0) is 53.6. The lowest BCUT2D eigenvalue weighted by Gasteiger charge is -2.48. The Labute approximate surface area is 443 Å². The van der Waals surface area contributed by atoms with Crippen LogP contribution in [0.3, 0.4) is 0 Å². The highest BCUT2D eigenvalue weighted by molar-refractivity contribution is 14.1. The second-order valence-electron chi connectivity index (χ2n) is 22.4. The molecule has 0 bridgehead atoms. The van der Waals surface area contributed by atoms with Crippen LogP contribution < -0.4 is 5.43 Å². The van der Waals surface area contributed by atoms with Crippen molar-refractivity contribution in [3.05, 3.63) is 45.3 Å². The Morgan fingerprint density at radius 3 is 2.24 bits per heavy atom. The number of rotatable bonds is 16. The molecule has 0 amide bonds. The van der Waals surface area contributed by atoms with Gasteiger partial charge in [-0.2, -0.15) is 0 Å². The van der Waals surface area contributed by atoms with Crippen molar-refractivity contribution in [1.29, 1.82) is 0 Å². The molecule has 5 N–H and O–H groups in total. The highest BCUT2D eigenvalue weighted by Gasteiger charge is 2.52. The third kappa shape index (κ3) is 14.8. The van der Waals surface area contributed by atoms with Crippen molar-refractivity contribution < 1.29 is 62.8 Å². The van der Waals surface area contributed by atoms with E-state index in [0.29, 0.717) is 32.5 Å². The number of hydrogen-bond donors (Lipinski definition) is 5. The van der Waals surface area contributed by atoms with Gasteiger partial charge in [0.05, 0.1) is 54.3 Å². The normalized spacial score (nSPS) is 40.2. The fourth-order valence-electron chi connectivity index (χ4n) is 11.7. The summed E-state index contributed by atoms with van der Waals surface area (Å²) in [7, 11) is 9.03. The van der Waals surface area contributed by atoms with Gasteiger partial charge < -0.3 is 68.8 Å². The molecule has 19 atom stereocenters. The third-order valence-electron chi connectivity index (χ3n) is 16.3. The predicted octanol–water partition coefficient (Wildman–Crippen LogP) is 5.78. The fourth-order valence-corrected chi connectivity index (χ4v) is 12.0. The number of nitrogens with zero attached hydrogens (tertiary/aromatic N) is 4. The standard InChI is InChI=1S/C53H91FIN5O12/c1-16-42-53(10,65)47(61)35(6)58(12)28-31(2)25-51(8,64)49(33(4)45(34(5)50(63)70-42)71-44-26-52(9,67-15)48(62)36(7)69-44)72-43-24-41(23-32(3)68-43)57(11)22-21-40-30-60(59(13)56-40)29-38(27-54)46(66-14)37-17-19-39(55)20-18-37/h17-20,30-36,38,41-49,56,61-62,64-65H,16,21-29H2,1-15H3/t31-,32-,33+,34-,35-,36+,38+,41+,42-,43+,44+,45+,46-,47-,48+,49-,51-,52-,53-/m1/s1. The Bertz CT molecular complexity index is 1890. The van der Waals surface area contributed by atoms with E-state index in [1.807, 2.05) is 87.3 Å². The van der Waals surface area contributed by atoms with Crippen molar-refractivity contribution >= 4 is 28.6 Å². The molecule has 4 aliphatic heterocycles. The number of benzene rings is 1. The number of carbonyl (C=O) groups excluding carboxylic acids is 1. The highest BCUT2D eigenvalue weighted by atomic mass is 127. The van der Waals surface area contributed by atoms with E-state index in [4.69, 9.17) is 33.2 Å². The predicted molar refractivity (Wildman–Crippen MR) is 280 cm³/mol. The summed E-state index contributed by atoms with van der Waals surface area (Å²) >= 11 is 2.26. The first-order valence-electron chi connectivity index (χ1n) is 26.1. The summed E-state index contributed by atoms with van der Waals surface area (Å²) in [4.78, 5) is 18.8. The van der Waals surface area contributed by atoms with Crippen molar-refractivity contribution in [3.63, 3.8) is 0 Å². The van der Waals surface area contributed by atoms with E-state index in [2.05, 4.69) is 40.0 Å². The Morgan fingerprint density at radius 1 is 0.958 bits per heavy atom. The monoisotopic (exact) mass is 1140 g/mol. The number of likely N-dealkylation sites (N-methyl/N-ethyl adjacent to an activating group) is 1. The van der Waals surface area contributed by atoms with Crippen molar-refractivity contribution in [2.45, 2.75) is 198 Å². The number of methoxy groups -OCH3 is 2. The summed E-state index contributed by atoms with van der Waals surface area (Å²) in [5, 5.41) is 51.4. The van der Waals surface area contributed by atoms with Crippen molar-refractivity contribution in [2.24, 2.45) is 23.7 Å². The minimum atomic E-state index is -1.81. The Balaban J connectivity index is 1.40. The minimum absolute atomic E-state index is 0.0416. The van der Waals surface area contributed by atoms with E-state index in [1.54, 1.807) is 41.7 Å². The summed E-state index contributed by atoms with van der Waals surface area (Å²) in [5.41, 5.74) is 1.02. The molecule has 17 nitrogen and oxygen atoms in total. The summed E-state index contributed by atoms with van der Waals surface area (Å²) in [6.45, 7) is 19.1. The molecular formula is C53H91FIN5O12. The number of cyclic esters (lactones) is 1. The smallest absolute Gasteiger partial charge is 0.311 e. The van der Waals surface area contributed by atoms with Crippen LogP contribution in [0.15, 0.2) is 36.2 Å². The lowest BCUT2D eigenvalue weighted by Crippen LogP contribution is -2.59. The number of esters is 1. The highest BCUT2D eigenvalue weighted by Crippen LogP contribution is 2.40. The Hall–Kier alpha value is -1.83. The van der Waals surface area contributed by atoms with Crippen LogP contribution in [0.1, 0.15) is 119 Å². The molecule has 4 heterocycles. The van der Waals surface area contributed by atoms with Crippen LogP contribution >= 0.6 is 22.6 Å². The van der Waals surface area contributed by atoms with E-state index < -0.39 is 109 Å². The molecule has 0 aliphatic carbocycles. The van der Waals surface area contributed by atoms with Crippen molar-refractivity contribution in [3.8, 4) is 0 Å². The first-order chi connectivity index (χ1) is 33.7. The van der Waals surface area contributed by atoms with E-state index in [1.165, 1.54) is 14.0 Å². The van der Waals surface area contributed by atoms with Gasteiger partial charge in [0.25, 0.3) is 0 Å². The van der Waals surface area contributed by atoms with E-state index in [-0.39, 0.29) is 37.3 Å². The zero-order valence-electron chi connectivity index (χ0n) is 45.8. The molecule has 0 saturated carbocycles. The van der Waals surface area contributed by atoms with Crippen LogP contribution in [0, 0.1) is 27.2 Å². The lowest BCUT2D eigenvalue weighted by molar-refractivity contribution is -0.308. The molecule has 3 saturated heterocycles. The third-order valence-corrected chi connectivity index (χ3v) is 17.0. The number of halogens is 2. The molecule has 414 valence electrons. The first kappa shape index (κ1) is 61.0. The summed E-state index contributed by atoms with van der Waals surface area (Å²) in [5.74, 6) is -2.90. The second kappa shape index (κ2) is 26.0. The number of aliphatic hydroxyl groups is 4. The van der Waals surface area contributed by atoms with Gasteiger partial charge in [0, 0.05) is 99.6 Å². The van der Waals surface area contributed by atoms with Gasteiger partial charge in [-0.05, 0) is 128 Å². The molecule has 19 heteroatoms. The number of nitrogens with one attached hydrogen (secondary N) is 1. The molecule has 1 aromatic rings. The van der Waals surface area contributed by atoms with E-state index in [0.717, 1.165) is 21.3 Å². The average Bonchev–Trinajstić information content (AvgIpc) is 3.68. The fraction of sp³-hybridized carbons (Fsp3) is 0.830. The molecule has 0 aromatic heterocycles. The molecule has 0 radical (unpaired) electrons. The molecule has 4 aliphatic rings.